The number of aromatic nitrogens is 2. The highest BCUT2D eigenvalue weighted by Gasteiger charge is 2.46. The molecule has 6 rings (SSSR count). The molecule has 2 bridgehead atoms. The molecular weight excluding hydrogens is 374 g/mol. The van der Waals surface area contributed by atoms with E-state index >= 15 is 0 Å². The Morgan fingerprint density at radius 1 is 1.13 bits per heavy atom. The molecule has 160 valence electrons. The van der Waals surface area contributed by atoms with Gasteiger partial charge in [-0.05, 0) is 44.7 Å². The van der Waals surface area contributed by atoms with Crippen molar-refractivity contribution in [3.8, 4) is 0 Å². The molecule has 0 radical (unpaired) electrons. The SMILES string of the molecule is CC(=O)N1CCc2c(nc(C)n2C2CC3C[C@H](C2)N3CCCNc2ccccc2)C1. The smallest absolute Gasteiger partial charge is 0.219 e. The summed E-state index contributed by atoms with van der Waals surface area (Å²) in [7, 11) is 0. The predicted molar refractivity (Wildman–Crippen MR) is 118 cm³/mol. The van der Waals surface area contributed by atoms with Gasteiger partial charge < -0.3 is 14.8 Å². The lowest BCUT2D eigenvalue weighted by Crippen LogP contribution is -2.61. The molecule has 30 heavy (non-hydrogen) atoms. The summed E-state index contributed by atoms with van der Waals surface area (Å²) < 4.78 is 2.53. The summed E-state index contributed by atoms with van der Waals surface area (Å²) in [6, 6.07) is 12.5. The van der Waals surface area contributed by atoms with Crippen LogP contribution >= 0.6 is 0 Å². The van der Waals surface area contributed by atoms with Gasteiger partial charge in [0.05, 0.1) is 12.2 Å². The molecule has 3 aliphatic heterocycles. The van der Waals surface area contributed by atoms with Gasteiger partial charge in [-0.1, -0.05) is 18.2 Å². The fourth-order valence-electron chi connectivity index (χ4n) is 5.85. The van der Waals surface area contributed by atoms with Crippen LogP contribution in [0.25, 0.3) is 0 Å². The van der Waals surface area contributed by atoms with Gasteiger partial charge in [0.1, 0.15) is 5.82 Å². The standard InChI is InChI=1S/C24H33N5O/c1-17-26-23-16-27(18(2)30)12-9-24(23)29(17)22-14-20-13-21(15-22)28(20)11-6-10-25-19-7-4-3-5-8-19/h3-5,7-8,20-22,25H,6,9-16H2,1-2H3/t20-,21?,22?/m1/s1. The molecular formula is C24H33N5O. The number of fused-ring (bicyclic) bond motifs is 3. The number of carbonyl (C=O) groups excluding carboxylic acids is 1. The van der Waals surface area contributed by atoms with Crippen LogP contribution in [0, 0.1) is 6.92 Å². The van der Waals surface area contributed by atoms with Crippen LogP contribution in [0.3, 0.4) is 0 Å². The third kappa shape index (κ3) is 3.62. The van der Waals surface area contributed by atoms with Crippen molar-refractivity contribution in [1.82, 2.24) is 19.4 Å². The quantitative estimate of drug-likeness (QED) is 0.746. The average molecular weight is 408 g/mol. The molecule has 3 atom stereocenters. The molecule has 6 nitrogen and oxygen atoms in total. The van der Waals surface area contributed by atoms with Gasteiger partial charge >= 0.3 is 0 Å². The molecule has 2 saturated heterocycles. The van der Waals surface area contributed by atoms with Gasteiger partial charge in [-0.15, -0.1) is 0 Å². The second kappa shape index (κ2) is 8.06. The van der Waals surface area contributed by atoms with Crippen LogP contribution in [0.1, 0.15) is 55.9 Å². The molecule has 4 heterocycles. The summed E-state index contributed by atoms with van der Waals surface area (Å²) in [5, 5.41) is 3.53. The molecule has 3 fully saturated rings. The lowest BCUT2D eigenvalue weighted by Gasteiger charge is -2.56. The van der Waals surface area contributed by atoms with Crippen LogP contribution in [0.15, 0.2) is 30.3 Å². The number of nitrogens with one attached hydrogen (secondary N) is 1. The van der Waals surface area contributed by atoms with E-state index in [0.717, 1.165) is 43.1 Å². The maximum absolute atomic E-state index is 11.8. The van der Waals surface area contributed by atoms with E-state index in [1.54, 1.807) is 6.92 Å². The molecule has 1 amide bonds. The third-order valence-electron chi connectivity index (χ3n) is 7.31. The number of hydrogen-bond donors (Lipinski definition) is 1. The first-order valence-corrected chi connectivity index (χ1v) is 11.5. The molecule has 6 heteroatoms. The second-order valence-electron chi connectivity index (χ2n) is 9.17. The molecule has 4 aliphatic rings. The van der Waals surface area contributed by atoms with E-state index in [9.17, 15) is 4.79 Å². The van der Waals surface area contributed by atoms with E-state index in [1.165, 1.54) is 43.6 Å². The number of amides is 1. The molecule has 2 aromatic rings. The van der Waals surface area contributed by atoms with Crippen LogP contribution in [-0.2, 0) is 17.8 Å². The highest BCUT2D eigenvalue weighted by atomic mass is 16.2. The maximum Gasteiger partial charge on any atom is 0.219 e. The van der Waals surface area contributed by atoms with Crippen molar-refractivity contribution >= 4 is 11.6 Å². The largest absolute Gasteiger partial charge is 0.385 e. The Kier molecular flexibility index (Phi) is 5.27. The molecule has 1 saturated carbocycles. The Morgan fingerprint density at radius 2 is 1.87 bits per heavy atom. The van der Waals surface area contributed by atoms with E-state index in [2.05, 4.69) is 52.0 Å². The highest BCUT2D eigenvalue weighted by molar-refractivity contribution is 5.73. The summed E-state index contributed by atoms with van der Waals surface area (Å²) in [6.07, 6.45) is 5.96. The van der Waals surface area contributed by atoms with Crippen LogP contribution in [-0.4, -0.2) is 57.0 Å². The number of aryl methyl sites for hydroxylation is 1. The number of anilines is 1. The van der Waals surface area contributed by atoms with E-state index in [0.29, 0.717) is 12.6 Å². The minimum absolute atomic E-state index is 0.157. The molecule has 0 spiro atoms. The summed E-state index contributed by atoms with van der Waals surface area (Å²) in [5.74, 6) is 1.29. The van der Waals surface area contributed by atoms with Crippen molar-refractivity contribution in [1.29, 1.82) is 0 Å². The van der Waals surface area contributed by atoms with E-state index in [-0.39, 0.29) is 5.91 Å². The zero-order chi connectivity index (χ0) is 20.7. The van der Waals surface area contributed by atoms with Crippen molar-refractivity contribution in [3.05, 3.63) is 47.5 Å². The first-order valence-electron chi connectivity index (χ1n) is 11.5. The zero-order valence-corrected chi connectivity index (χ0v) is 18.2. The number of benzene rings is 1. The number of nitrogens with zero attached hydrogens (tertiary/aromatic N) is 4. The molecule has 1 aromatic heterocycles. The predicted octanol–water partition coefficient (Wildman–Crippen LogP) is 3.38. The first-order chi connectivity index (χ1) is 14.6. The number of imidazole rings is 1. The van der Waals surface area contributed by atoms with Crippen molar-refractivity contribution in [2.45, 2.75) is 70.6 Å². The second-order valence-corrected chi connectivity index (χ2v) is 9.17. The van der Waals surface area contributed by atoms with Gasteiger partial charge in [-0.2, -0.15) is 0 Å². The molecule has 1 N–H and O–H groups in total. The Morgan fingerprint density at radius 3 is 2.60 bits per heavy atom. The minimum atomic E-state index is 0.157. The molecule has 1 aromatic carbocycles. The van der Waals surface area contributed by atoms with Crippen LogP contribution in [0.4, 0.5) is 5.69 Å². The van der Waals surface area contributed by atoms with Gasteiger partial charge in [0.2, 0.25) is 5.91 Å². The zero-order valence-electron chi connectivity index (χ0n) is 18.2. The average Bonchev–Trinajstić information content (AvgIpc) is 3.09. The van der Waals surface area contributed by atoms with Gasteiger partial charge in [-0.3, -0.25) is 9.69 Å². The van der Waals surface area contributed by atoms with Crippen molar-refractivity contribution in [2.75, 3.05) is 25.0 Å². The monoisotopic (exact) mass is 407 g/mol. The summed E-state index contributed by atoms with van der Waals surface area (Å²) >= 11 is 0. The van der Waals surface area contributed by atoms with Crippen molar-refractivity contribution in [2.24, 2.45) is 0 Å². The van der Waals surface area contributed by atoms with Crippen LogP contribution in [0.2, 0.25) is 0 Å². The van der Waals surface area contributed by atoms with Crippen LogP contribution in [0.5, 0.6) is 0 Å². The Hall–Kier alpha value is -2.34. The summed E-state index contributed by atoms with van der Waals surface area (Å²) in [6.45, 7) is 7.53. The van der Waals surface area contributed by atoms with Gasteiger partial charge in [-0.25, -0.2) is 4.98 Å². The number of carbonyl (C=O) groups is 1. The first kappa shape index (κ1) is 19.6. The Bertz CT molecular complexity index is 896. The fourth-order valence-corrected chi connectivity index (χ4v) is 5.85. The van der Waals surface area contributed by atoms with Gasteiger partial charge in [0.15, 0.2) is 0 Å². The summed E-state index contributed by atoms with van der Waals surface area (Å²) in [5.41, 5.74) is 3.72. The Labute approximate surface area is 179 Å². The molecule has 1 aliphatic carbocycles. The minimum Gasteiger partial charge on any atom is -0.385 e. The van der Waals surface area contributed by atoms with Gasteiger partial charge in [0, 0.05) is 62.5 Å². The number of para-hydroxylation sites is 1. The fraction of sp³-hybridized carbons (Fsp3) is 0.583. The highest BCUT2D eigenvalue weighted by Crippen LogP contribution is 2.44. The lowest BCUT2D eigenvalue weighted by molar-refractivity contribution is -0.129. The lowest BCUT2D eigenvalue weighted by atomic mass is 9.76. The number of rotatable bonds is 6. The van der Waals surface area contributed by atoms with E-state index < -0.39 is 0 Å². The Balaban J connectivity index is 1.16. The van der Waals surface area contributed by atoms with Crippen LogP contribution < -0.4 is 5.32 Å². The van der Waals surface area contributed by atoms with Gasteiger partial charge in [0.25, 0.3) is 0 Å². The maximum atomic E-state index is 11.8. The third-order valence-corrected chi connectivity index (χ3v) is 7.31. The topological polar surface area (TPSA) is 53.4 Å². The molecule has 2 unspecified atom stereocenters. The van der Waals surface area contributed by atoms with E-state index in [4.69, 9.17) is 4.98 Å². The summed E-state index contributed by atoms with van der Waals surface area (Å²) in [4.78, 5) is 21.3. The number of hydrogen-bond acceptors (Lipinski definition) is 4. The van der Waals surface area contributed by atoms with Crippen molar-refractivity contribution < 1.29 is 4.79 Å². The number of piperidine rings is 1. The van der Waals surface area contributed by atoms with Crippen molar-refractivity contribution in [3.63, 3.8) is 0 Å². The van der Waals surface area contributed by atoms with E-state index in [1.807, 2.05) is 4.90 Å². The normalized spacial score (nSPS) is 25.5.